The van der Waals surface area contributed by atoms with Crippen LogP contribution in [-0.4, -0.2) is 17.5 Å². The molecule has 0 atom stereocenters. The largest absolute Gasteiger partial charge is 0.494 e. The molecule has 0 bridgehead atoms. The highest BCUT2D eigenvalue weighted by molar-refractivity contribution is 6.31. The third-order valence-corrected chi connectivity index (χ3v) is 4.46. The van der Waals surface area contributed by atoms with Crippen LogP contribution in [-0.2, 0) is 6.54 Å². The average Bonchev–Trinajstić information content (AvgIpc) is 2.72. The maximum absolute atomic E-state index is 14.3. The van der Waals surface area contributed by atoms with E-state index in [0.29, 0.717) is 23.7 Å². The van der Waals surface area contributed by atoms with E-state index in [1.807, 2.05) is 6.92 Å². The second-order valence-corrected chi connectivity index (χ2v) is 6.56. The summed E-state index contributed by atoms with van der Waals surface area (Å²) in [5, 5.41) is 0.258. The van der Waals surface area contributed by atoms with Crippen molar-refractivity contribution in [2.75, 3.05) is 11.5 Å². The van der Waals surface area contributed by atoms with Crippen LogP contribution in [0.3, 0.4) is 0 Å². The topological polar surface area (TPSA) is 42.4 Å². The van der Waals surface area contributed by atoms with E-state index in [2.05, 4.69) is 4.98 Å². The highest BCUT2D eigenvalue weighted by atomic mass is 35.5. The predicted molar refractivity (Wildman–Crippen MR) is 108 cm³/mol. The van der Waals surface area contributed by atoms with Gasteiger partial charge in [0, 0.05) is 22.3 Å². The van der Waals surface area contributed by atoms with Crippen molar-refractivity contribution in [3.63, 3.8) is 0 Å². The highest BCUT2D eigenvalue weighted by Gasteiger charge is 2.22. The zero-order chi connectivity index (χ0) is 19.9. The molecule has 0 N–H and O–H groups in total. The van der Waals surface area contributed by atoms with E-state index in [0.717, 1.165) is 6.42 Å². The number of amides is 1. The van der Waals surface area contributed by atoms with Gasteiger partial charge in [-0.1, -0.05) is 36.7 Å². The fourth-order valence-electron chi connectivity index (χ4n) is 2.71. The Morgan fingerprint density at radius 3 is 2.68 bits per heavy atom. The summed E-state index contributed by atoms with van der Waals surface area (Å²) in [6.07, 6.45) is 2.45. The van der Waals surface area contributed by atoms with Crippen LogP contribution in [0.15, 0.2) is 66.9 Å². The molecule has 28 heavy (non-hydrogen) atoms. The number of benzene rings is 2. The van der Waals surface area contributed by atoms with Crippen molar-refractivity contribution in [1.82, 2.24) is 4.98 Å². The maximum atomic E-state index is 14.3. The summed E-state index contributed by atoms with van der Waals surface area (Å²) in [4.78, 5) is 18.9. The summed E-state index contributed by atoms with van der Waals surface area (Å²) in [6, 6.07) is 16.6. The summed E-state index contributed by atoms with van der Waals surface area (Å²) in [5.74, 6) is 0.227. The Labute approximate surface area is 168 Å². The summed E-state index contributed by atoms with van der Waals surface area (Å²) in [7, 11) is 0. The number of hydrogen-bond acceptors (Lipinski definition) is 3. The molecule has 0 aliphatic heterocycles. The van der Waals surface area contributed by atoms with Crippen molar-refractivity contribution >= 4 is 23.3 Å². The van der Waals surface area contributed by atoms with Gasteiger partial charge in [0.25, 0.3) is 5.91 Å². The maximum Gasteiger partial charge on any atom is 0.259 e. The number of ether oxygens (including phenoxy) is 1. The first-order chi connectivity index (χ1) is 13.6. The summed E-state index contributed by atoms with van der Waals surface area (Å²) in [5.41, 5.74) is 0.660. The molecule has 1 aromatic heterocycles. The second-order valence-electron chi connectivity index (χ2n) is 6.16. The first kappa shape index (κ1) is 19.8. The van der Waals surface area contributed by atoms with Crippen molar-refractivity contribution in [2.45, 2.75) is 19.9 Å². The van der Waals surface area contributed by atoms with Gasteiger partial charge in [0.05, 0.1) is 13.2 Å². The molecule has 0 unspecified atom stereocenters. The molecule has 0 aliphatic carbocycles. The molecule has 0 saturated carbocycles. The molecule has 3 aromatic rings. The molecule has 3 rings (SSSR count). The Kier molecular flexibility index (Phi) is 6.61. The number of halogens is 2. The summed E-state index contributed by atoms with van der Waals surface area (Å²) in [6.45, 7) is 2.53. The van der Waals surface area contributed by atoms with E-state index in [4.69, 9.17) is 16.3 Å². The lowest BCUT2D eigenvalue weighted by Crippen LogP contribution is -2.31. The minimum atomic E-state index is -0.471. The van der Waals surface area contributed by atoms with Crippen LogP contribution in [0.5, 0.6) is 5.75 Å². The Balaban J connectivity index is 1.97. The fraction of sp³-hybridized carbons (Fsp3) is 0.182. The van der Waals surface area contributed by atoms with Crippen LogP contribution in [0.25, 0.3) is 0 Å². The molecule has 6 heteroatoms. The fourth-order valence-corrected chi connectivity index (χ4v) is 2.93. The zero-order valence-electron chi connectivity index (χ0n) is 15.4. The Bertz CT molecular complexity index is 930. The number of anilines is 1. The van der Waals surface area contributed by atoms with Gasteiger partial charge >= 0.3 is 0 Å². The molecule has 4 nitrogen and oxygen atoms in total. The minimum Gasteiger partial charge on any atom is -0.494 e. The molecule has 0 aliphatic rings. The van der Waals surface area contributed by atoms with Gasteiger partial charge in [-0.2, -0.15) is 0 Å². The molecule has 1 amide bonds. The quantitative estimate of drug-likeness (QED) is 0.527. The lowest BCUT2D eigenvalue weighted by atomic mass is 10.1. The van der Waals surface area contributed by atoms with Gasteiger partial charge in [0.1, 0.15) is 17.4 Å². The third kappa shape index (κ3) is 4.67. The Morgan fingerprint density at radius 1 is 1.14 bits per heavy atom. The number of rotatable bonds is 7. The van der Waals surface area contributed by atoms with E-state index in [1.54, 1.807) is 54.7 Å². The first-order valence-electron chi connectivity index (χ1n) is 8.98. The number of pyridine rings is 1. The molecule has 2 aromatic carbocycles. The van der Waals surface area contributed by atoms with E-state index < -0.39 is 5.82 Å². The van der Waals surface area contributed by atoms with E-state index in [1.165, 1.54) is 17.0 Å². The van der Waals surface area contributed by atoms with Crippen LogP contribution in [0.2, 0.25) is 5.02 Å². The summed E-state index contributed by atoms with van der Waals surface area (Å²) < 4.78 is 20.0. The van der Waals surface area contributed by atoms with E-state index in [9.17, 15) is 9.18 Å². The molecular formula is C22H20ClFN2O2. The Hall–Kier alpha value is -2.92. The van der Waals surface area contributed by atoms with Gasteiger partial charge in [0.15, 0.2) is 0 Å². The molecule has 1 heterocycles. The molecule has 0 radical (unpaired) electrons. The van der Waals surface area contributed by atoms with E-state index >= 15 is 0 Å². The number of carbonyl (C=O) groups excluding carboxylic acids is 1. The van der Waals surface area contributed by atoms with Crippen molar-refractivity contribution in [3.05, 3.63) is 88.8 Å². The van der Waals surface area contributed by atoms with Gasteiger partial charge in [-0.3, -0.25) is 9.69 Å². The number of hydrogen-bond donors (Lipinski definition) is 0. The molecule has 0 spiro atoms. The van der Waals surface area contributed by atoms with Gasteiger partial charge in [-0.05, 0) is 48.9 Å². The second kappa shape index (κ2) is 9.33. The number of aromatic nitrogens is 1. The monoisotopic (exact) mass is 398 g/mol. The molecule has 144 valence electrons. The molecule has 0 saturated heterocycles. The van der Waals surface area contributed by atoms with Crippen LogP contribution >= 0.6 is 11.6 Å². The van der Waals surface area contributed by atoms with E-state index in [-0.39, 0.29) is 23.0 Å². The lowest BCUT2D eigenvalue weighted by Gasteiger charge is -2.23. The lowest BCUT2D eigenvalue weighted by molar-refractivity contribution is 0.0983. The summed E-state index contributed by atoms with van der Waals surface area (Å²) >= 11 is 6.18. The van der Waals surface area contributed by atoms with Gasteiger partial charge in [0.2, 0.25) is 0 Å². The van der Waals surface area contributed by atoms with Gasteiger partial charge in [-0.15, -0.1) is 0 Å². The van der Waals surface area contributed by atoms with Crippen LogP contribution < -0.4 is 9.64 Å². The van der Waals surface area contributed by atoms with Crippen molar-refractivity contribution in [1.29, 1.82) is 0 Å². The standard InChI is InChI=1S/C22H20ClFN2O2/c1-2-13-28-17-8-5-7-16(14-17)22(27)26(21-11-3-4-12-25-21)15-18-19(23)9-6-10-20(18)24/h3-12,14H,2,13,15H2,1H3. The Morgan fingerprint density at radius 2 is 1.96 bits per heavy atom. The van der Waals surface area contributed by atoms with Gasteiger partial charge in [-0.25, -0.2) is 9.37 Å². The number of nitrogens with zero attached hydrogens (tertiary/aromatic N) is 2. The molecular weight excluding hydrogens is 379 g/mol. The van der Waals surface area contributed by atoms with Gasteiger partial charge < -0.3 is 4.74 Å². The predicted octanol–water partition coefficient (Wildman–Crippen LogP) is 5.51. The minimum absolute atomic E-state index is 0.0403. The molecule has 0 fully saturated rings. The van der Waals surface area contributed by atoms with Crippen molar-refractivity contribution in [2.24, 2.45) is 0 Å². The van der Waals surface area contributed by atoms with Crippen LogP contribution in [0.1, 0.15) is 29.3 Å². The normalized spacial score (nSPS) is 10.5. The smallest absolute Gasteiger partial charge is 0.259 e. The van der Waals surface area contributed by atoms with Crippen molar-refractivity contribution < 1.29 is 13.9 Å². The average molecular weight is 399 g/mol. The van der Waals surface area contributed by atoms with Crippen LogP contribution in [0, 0.1) is 5.82 Å². The highest BCUT2D eigenvalue weighted by Crippen LogP contribution is 2.25. The number of carbonyl (C=O) groups is 1. The van der Waals surface area contributed by atoms with Crippen molar-refractivity contribution in [3.8, 4) is 5.75 Å². The first-order valence-corrected chi connectivity index (χ1v) is 9.36. The zero-order valence-corrected chi connectivity index (χ0v) is 16.2. The SMILES string of the molecule is CCCOc1cccc(C(=O)N(Cc2c(F)cccc2Cl)c2ccccn2)c1. The van der Waals surface area contributed by atoms with Crippen LogP contribution in [0.4, 0.5) is 10.2 Å². The third-order valence-electron chi connectivity index (χ3n) is 4.10.